The van der Waals surface area contributed by atoms with Crippen molar-refractivity contribution in [3.05, 3.63) is 89.5 Å². The van der Waals surface area contributed by atoms with Crippen molar-refractivity contribution < 1.29 is 32.3 Å². The molecule has 3 aromatic carbocycles. The van der Waals surface area contributed by atoms with Gasteiger partial charge in [0.05, 0.1) is 35.9 Å². The molecule has 176 valence electrons. The van der Waals surface area contributed by atoms with Gasteiger partial charge in [0.15, 0.2) is 0 Å². The van der Waals surface area contributed by atoms with Crippen LogP contribution in [0.1, 0.15) is 31.1 Å². The lowest BCUT2D eigenvalue weighted by Crippen LogP contribution is -2.26. The molecule has 0 atom stereocenters. The Morgan fingerprint density at radius 1 is 0.765 bits per heavy atom. The predicted molar refractivity (Wildman–Crippen MR) is 126 cm³/mol. The number of ether oxygens (including phenoxy) is 2. The molecule has 0 aliphatic rings. The fourth-order valence-electron chi connectivity index (χ4n) is 3.09. The third kappa shape index (κ3) is 5.24. The van der Waals surface area contributed by atoms with Gasteiger partial charge >= 0.3 is 11.9 Å². The Morgan fingerprint density at radius 2 is 1.29 bits per heavy atom. The van der Waals surface area contributed by atoms with Gasteiger partial charge in [0, 0.05) is 18.3 Å². The third-order valence-electron chi connectivity index (χ3n) is 4.93. The Labute approximate surface area is 197 Å². The van der Waals surface area contributed by atoms with Crippen molar-refractivity contribution in [1.82, 2.24) is 0 Å². The van der Waals surface area contributed by atoms with Crippen molar-refractivity contribution in [2.45, 2.75) is 4.90 Å². The molecule has 0 aromatic heterocycles. The molecule has 3 rings (SSSR count). The molecule has 10 heteroatoms. The zero-order valence-corrected chi connectivity index (χ0v) is 19.5. The Kier molecular flexibility index (Phi) is 7.32. The molecule has 0 saturated heterocycles. The van der Waals surface area contributed by atoms with E-state index in [9.17, 15) is 22.8 Å². The topological polar surface area (TPSA) is 119 Å². The minimum absolute atomic E-state index is 0.0102. The summed E-state index contributed by atoms with van der Waals surface area (Å²) >= 11 is 0. The highest BCUT2D eigenvalue weighted by Crippen LogP contribution is 2.23. The molecular formula is C24H22N2O7S. The molecule has 1 N–H and O–H groups in total. The van der Waals surface area contributed by atoms with Crippen LogP contribution in [-0.4, -0.2) is 47.5 Å². The highest BCUT2D eigenvalue weighted by Gasteiger charge is 2.22. The summed E-state index contributed by atoms with van der Waals surface area (Å²) < 4.78 is 36.3. The Balaban J connectivity index is 1.84. The van der Waals surface area contributed by atoms with E-state index in [2.05, 4.69) is 14.8 Å². The van der Waals surface area contributed by atoms with Crippen molar-refractivity contribution in [3.8, 4) is 0 Å². The number of amides is 1. The Hall–Kier alpha value is -4.18. The fraction of sp³-hybridized carbons (Fsp3) is 0.125. The van der Waals surface area contributed by atoms with Crippen molar-refractivity contribution in [1.29, 1.82) is 0 Å². The molecule has 9 nitrogen and oxygen atoms in total. The average molecular weight is 483 g/mol. The van der Waals surface area contributed by atoms with Crippen LogP contribution >= 0.6 is 0 Å². The average Bonchev–Trinajstić information content (AvgIpc) is 2.87. The summed E-state index contributed by atoms with van der Waals surface area (Å²) in [7, 11) is -0.00633. The highest BCUT2D eigenvalue weighted by atomic mass is 32.2. The normalized spacial score (nSPS) is 10.8. The largest absolute Gasteiger partial charge is 0.465 e. The molecule has 0 aliphatic carbocycles. The second-order valence-electron chi connectivity index (χ2n) is 7.07. The monoisotopic (exact) mass is 482 g/mol. The zero-order chi connectivity index (χ0) is 24.9. The van der Waals surface area contributed by atoms with Crippen LogP contribution in [0.25, 0.3) is 0 Å². The van der Waals surface area contributed by atoms with Gasteiger partial charge in [0.1, 0.15) is 0 Å². The molecular weight excluding hydrogens is 460 g/mol. The van der Waals surface area contributed by atoms with E-state index in [-0.39, 0.29) is 27.3 Å². The molecule has 3 aromatic rings. The second-order valence-corrected chi connectivity index (χ2v) is 9.04. The zero-order valence-electron chi connectivity index (χ0n) is 18.6. The predicted octanol–water partition coefficient (Wildman–Crippen LogP) is 3.34. The van der Waals surface area contributed by atoms with Gasteiger partial charge in [-0.25, -0.2) is 18.0 Å². The summed E-state index contributed by atoms with van der Waals surface area (Å²) in [5, 5.41) is 2.59. The van der Waals surface area contributed by atoms with E-state index in [1.165, 1.54) is 63.7 Å². The van der Waals surface area contributed by atoms with E-state index in [1.54, 1.807) is 30.3 Å². The number of carbonyl (C=O) groups excluding carboxylic acids is 3. The van der Waals surface area contributed by atoms with Gasteiger partial charge in [-0.3, -0.25) is 9.10 Å². The van der Waals surface area contributed by atoms with E-state index < -0.39 is 27.9 Å². The lowest BCUT2D eigenvalue weighted by Gasteiger charge is -2.19. The van der Waals surface area contributed by atoms with Gasteiger partial charge in [-0.15, -0.1) is 0 Å². The first-order valence-electron chi connectivity index (χ1n) is 9.94. The first kappa shape index (κ1) is 24.5. The number of anilines is 2. The standard InChI is InChI=1S/C24H22N2O7S/c1-26(20-7-5-4-6-8-20)34(30,31)21-11-9-16(10-12-21)22(27)25-19-14-17(23(28)32-2)13-18(15-19)24(29)33-3/h4-15H,1-3H3,(H,25,27). The van der Waals surface area contributed by atoms with Gasteiger partial charge in [-0.2, -0.15) is 0 Å². The quantitative estimate of drug-likeness (QED) is 0.513. The summed E-state index contributed by atoms with van der Waals surface area (Å²) in [4.78, 5) is 36.6. The minimum Gasteiger partial charge on any atom is -0.465 e. The summed E-state index contributed by atoms with van der Waals surface area (Å²) in [5.41, 5.74) is 0.923. The molecule has 0 spiro atoms. The van der Waals surface area contributed by atoms with Crippen molar-refractivity contribution >= 4 is 39.2 Å². The third-order valence-corrected chi connectivity index (χ3v) is 6.73. The van der Waals surface area contributed by atoms with Crippen LogP contribution in [0.4, 0.5) is 11.4 Å². The second kappa shape index (κ2) is 10.2. The number of sulfonamides is 1. The van der Waals surface area contributed by atoms with Gasteiger partial charge in [0.25, 0.3) is 15.9 Å². The van der Waals surface area contributed by atoms with E-state index in [0.717, 1.165) is 4.31 Å². The summed E-state index contributed by atoms with van der Waals surface area (Å²) in [6, 6.07) is 18.0. The van der Waals surface area contributed by atoms with Crippen LogP contribution in [0.15, 0.2) is 77.7 Å². The Bertz CT molecular complexity index is 1290. The van der Waals surface area contributed by atoms with E-state index >= 15 is 0 Å². The van der Waals surface area contributed by atoms with Gasteiger partial charge in [0.2, 0.25) is 0 Å². The van der Waals surface area contributed by atoms with Crippen LogP contribution < -0.4 is 9.62 Å². The van der Waals surface area contributed by atoms with E-state index in [4.69, 9.17) is 0 Å². The lowest BCUT2D eigenvalue weighted by molar-refractivity contribution is 0.0598. The Morgan fingerprint density at radius 3 is 1.79 bits per heavy atom. The van der Waals surface area contributed by atoms with Crippen LogP contribution in [0.3, 0.4) is 0 Å². The number of benzene rings is 3. The number of nitrogens with one attached hydrogen (secondary N) is 1. The number of esters is 2. The first-order valence-corrected chi connectivity index (χ1v) is 11.4. The van der Waals surface area contributed by atoms with Gasteiger partial charge in [-0.1, -0.05) is 18.2 Å². The molecule has 0 aliphatic heterocycles. The lowest BCUT2D eigenvalue weighted by atomic mass is 10.1. The van der Waals surface area contributed by atoms with E-state index in [0.29, 0.717) is 5.69 Å². The molecule has 0 heterocycles. The van der Waals surface area contributed by atoms with Gasteiger partial charge in [-0.05, 0) is 54.6 Å². The smallest absolute Gasteiger partial charge is 0.337 e. The SMILES string of the molecule is COC(=O)c1cc(NC(=O)c2ccc(S(=O)(=O)N(C)c3ccccc3)cc2)cc(C(=O)OC)c1. The van der Waals surface area contributed by atoms with Crippen molar-refractivity contribution in [2.24, 2.45) is 0 Å². The number of methoxy groups -OCH3 is 2. The maximum absolute atomic E-state index is 12.9. The summed E-state index contributed by atoms with van der Waals surface area (Å²) in [5.74, 6) is -1.96. The molecule has 0 radical (unpaired) electrons. The number of nitrogens with zero attached hydrogens (tertiary/aromatic N) is 1. The molecule has 0 unspecified atom stereocenters. The summed E-state index contributed by atoms with van der Waals surface area (Å²) in [6.07, 6.45) is 0. The van der Waals surface area contributed by atoms with E-state index in [1.807, 2.05) is 0 Å². The number of rotatable bonds is 7. The van der Waals surface area contributed by atoms with Crippen molar-refractivity contribution in [3.63, 3.8) is 0 Å². The number of carbonyl (C=O) groups is 3. The number of hydrogen-bond acceptors (Lipinski definition) is 7. The fourth-order valence-corrected chi connectivity index (χ4v) is 4.28. The molecule has 34 heavy (non-hydrogen) atoms. The number of hydrogen-bond donors (Lipinski definition) is 1. The first-order chi connectivity index (χ1) is 16.2. The van der Waals surface area contributed by atoms with Gasteiger partial charge < -0.3 is 14.8 Å². The van der Waals surface area contributed by atoms with Crippen molar-refractivity contribution in [2.75, 3.05) is 30.9 Å². The van der Waals surface area contributed by atoms with Crippen LogP contribution in [-0.2, 0) is 19.5 Å². The van der Waals surface area contributed by atoms with Crippen LogP contribution in [0.2, 0.25) is 0 Å². The molecule has 0 fully saturated rings. The maximum atomic E-state index is 12.9. The van der Waals surface area contributed by atoms with Crippen LogP contribution in [0, 0.1) is 0 Å². The molecule has 0 bridgehead atoms. The van der Waals surface area contributed by atoms with Crippen LogP contribution in [0.5, 0.6) is 0 Å². The minimum atomic E-state index is -3.83. The summed E-state index contributed by atoms with van der Waals surface area (Å²) in [6.45, 7) is 0. The molecule has 0 saturated carbocycles. The number of para-hydroxylation sites is 1. The molecule has 1 amide bonds. The highest BCUT2D eigenvalue weighted by molar-refractivity contribution is 7.92. The maximum Gasteiger partial charge on any atom is 0.337 e.